The van der Waals surface area contributed by atoms with Crippen molar-refractivity contribution in [3.8, 4) is 5.75 Å². The lowest BCUT2D eigenvalue weighted by Gasteiger charge is -2.26. The summed E-state index contributed by atoms with van der Waals surface area (Å²) in [4.78, 5) is 27.2. The van der Waals surface area contributed by atoms with Crippen molar-refractivity contribution in [3.05, 3.63) is 24.3 Å². The molecule has 0 spiro atoms. The van der Waals surface area contributed by atoms with Gasteiger partial charge in [0.2, 0.25) is 11.8 Å². The first kappa shape index (κ1) is 16.0. The van der Waals surface area contributed by atoms with E-state index in [-0.39, 0.29) is 18.4 Å². The zero-order valence-electron chi connectivity index (χ0n) is 12.5. The fourth-order valence-electron chi connectivity index (χ4n) is 2.03. The number of likely N-dealkylation sites (N-methyl/N-ethyl adjacent to an activating group) is 1. The number of rotatable bonds is 6. The molecular weight excluding hydrogens is 256 g/mol. The van der Waals surface area contributed by atoms with Crippen LogP contribution in [0.15, 0.2) is 24.3 Å². The molecule has 20 heavy (non-hydrogen) atoms. The van der Waals surface area contributed by atoms with E-state index in [1.54, 1.807) is 24.1 Å². The minimum atomic E-state index is -0.185. The topological polar surface area (TPSA) is 49.9 Å². The summed E-state index contributed by atoms with van der Waals surface area (Å²) in [6.45, 7) is 6.57. The van der Waals surface area contributed by atoms with Gasteiger partial charge >= 0.3 is 0 Å². The number of nitrogens with zero attached hydrogens (tertiary/aromatic N) is 2. The van der Waals surface area contributed by atoms with E-state index in [0.717, 1.165) is 0 Å². The SMILES string of the molecule is CCN(CC)C(=O)CN(C(C)=O)c1ccccc1OC. The summed E-state index contributed by atoms with van der Waals surface area (Å²) in [7, 11) is 1.55. The summed E-state index contributed by atoms with van der Waals surface area (Å²) in [5, 5.41) is 0. The number of methoxy groups -OCH3 is 1. The molecule has 0 aliphatic heterocycles. The molecule has 0 unspecified atom stereocenters. The number of hydrogen-bond acceptors (Lipinski definition) is 3. The molecule has 5 nitrogen and oxygen atoms in total. The lowest BCUT2D eigenvalue weighted by atomic mass is 10.2. The highest BCUT2D eigenvalue weighted by Gasteiger charge is 2.21. The molecule has 0 aromatic heterocycles. The molecule has 1 rings (SSSR count). The zero-order chi connectivity index (χ0) is 15.1. The Morgan fingerprint density at radius 3 is 2.25 bits per heavy atom. The highest BCUT2D eigenvalue weighted by atomic mass is 16.5. The van der Waals surface area contributed by atoms with Gasteiger partial charge in [-0.3, -0.25) is 14.5 Å². The summed E-state index contributed by atoms with van der Waals surface area (Å²) in [6.07, 6.45) is 0. The Bertz CT molecular complexity index is 470. The maximum atomic E-state index is 12.2. The Morgan fingerprint density at radius 2 is 1.75 bits per heavy atom. The van der Waals surface area contributed by atoms with Crippen molar-refractivity contribution >= 4 is 17.5 Å². The summed E-state index contributed by atoms with van der Waals surface area (Å²) >= 11 is 0. The number of carbonyl (C=O) groups excluding carboxylic acids is 2. The van der Waals surface area contributed by atoms with Gasteiger partial charge in [-0.15, -0.1) is 0 Å². The molecule has 1 aromatic rings. The quantitative estimate of drug-likeness (QED) is 0.798. The Labute approximate surface area is 120 Å². The molecule has 0 bridgehead atoms. The van der Waals surface area contributed by atoms with Crippen LogP contribution in [0.3, 0.4) is 0 Å². The molecule has 0 N–H and O–H groups in total. The molecule has 0 heterocycles. The van der Waals surface area contributed by atoms with E-state index in [0.29, 0.717) is 24.5 Å². The third kappa shape index (κ3) is 3.73. The second-order valence-corrected chi connectivity index (χ2v) is 4.34. The molecule has 2 amide bonds. The molecule has 0 saturated carbocycles. The first-order chi connectivity index (χ1) is 9.54. The summed E-state index contributed by atoms with van der Waals surface area (Å²) in [5.41, 5.74) is 0.614. The number of anilines is 1. The van der Waals surface area contributed by atoms with Gasteiger partial charge in [0, 0.05) is 20.0 Å². The number of amides is 2. The van der Waals surface area contributed by atoms with Gasteiger partial charge in [-0.2, -0.15) is 0 Å². The van der Waals surface area contributed by atoms with Gasteiger partial charge in [0.05, 0.1) is 12.8 Å². The summed E-state index contributed by atoms with van der Waals surface area (Å²) in [6, 6.07) is 7.19. The molecule has 0 atom stereocenters. The smallest absolute Gasteiger partial charge is 0.242 e. The zero-order valence-corrected chi connectivity index (χ0v) is 12.5. The fraction of sp³-hybridized carbons (Fsp3) is 0.467. The van der Waals surface area contributed by atoms with Gasteiger partial charge < -0.3 is 9.64 Å². The summed E-state index contributed by atoms with van der Waals surface area (Å²) < 4.78 is 5.25. The highest BCUT2D eigenvalue weighted by molar-refractivity contribution is 5.98. The third-order valence-electron chi connectivity index (χ3n) is 3.17. The van der Waals surface area contributed by atoms with Crippen LogP contribution in [0.2, 0.25) is 0 Å². The van der Waals surface area contributed by atoms with E-state index in [1.807, 2.05) is 26.0 Å². The van der Waals surface area contributed by atoms with E-state index >= 15 is 0 Å². The standard InChI is InChI=1S/C15H22N2O3/c1-5-16(6-2)15(19)11-17(12(3)18)13-9-7-8-10-14(13)20-4/h7-10H,5-6,11H2,1-4H3. The minimum Gasteiger partial charge on any atom is -0.495 e. The first-order valence-corrected chi connectivity index (χ1v) is 6.74. The van der Waals surface area contributed by atoms with Crippen LogP contribution in [0.25, 0.3) is 0 Å². The van der Waals surface area contributed by atoms with E-state index in [4.69, 9.17) is 4.74 Å². The average molecular weight is 278 g/mol. The van der Waals surface area contributed by atoms with Crippen molar-refractivity contribution in [2.45, 2.75) is 20.8 Å². The molecule has 0 fully saturated rings. The molecule has 0 saturated heterocycles. The van der Waals surface area contributed by atoms with Gasteiger partial charge in [0.25, 0.3) is 0 Å². The normalized spacial score (nSPS) is 10.0. The molecule has 0 radical (unpaired) electrons. The molecular formula is C15H22N2O3. The second kappa shape index (κ2) is 7.53. The van der Waals surface area contributed by atoms with Gasteiger partial charge in [0.1, 0.15) is 12.3 Å². The van der Waals surface area contributed by atoms with Crippen molar-refractivity contribution < 1.29 is 14.3 Å². The molecule has 0 aliphatic rings. The van der Waals surface area contributed by atoms with Crippen molar-refractivity contribution in [1.82, 2.24) is 4.90 Å². The molecule has 110 valence electrons. The predicted octanol–water partition coefficient (Wildman–Crippen LogP) is 1.92. The van der Waals surface area contributed by atoms with Crippen LogP contribution in [-0.2, 0) is 9.59 Å². The van der Waals surface area contributed by atoms with Crippen LogP contribution in [0, 0.1) is 0 Å². The van der Waals surface area contributed by atoms with Gasteiger partial charge in [-0.25, -0.2) is 0 Å². The lowest BCUT2D eigenvalue weighted by molar-refractivity contribution is -0.130. The van der Waals surface area contributed by atoms with Crippen LogP contribution in [0.1, 0.15) is 20.8 Å². The average Bonchev–Trinajstić information content (AvgIpc) is 2.45. The van der Waals surface area contributed by atoms with Crippen molar-refractivity contribution in [1.29, 1.82) is 0 Å². The maximum Gasteiger partial charge on any atom is 0.242 e. The van der Waals surface area contributed by atoms with Gasteiger partial charge in [-0.1, -0.05) is 12.1 Å². The van der Waals surface area contributed by atoms with E-state index in [2.05, 4.69) is 0 Å². The van der Waals surface area contributed by atoms with Gasteiger partial charge in [0.15, 0.2) is 0 Å². The van der Waals surface area contributed by atoms with E-state index < -0.39 is 0 Å². The largest absolute Gasteiger partial charge is 0.495 e. The van der Waals surface area contributed by atoms with Crippen LogP contribution < -0.4 is 9.64 Å². The third-order valence-corrected chi connectivity index (χ3v) is 3.17. The Morgan fingerprint density at radius 1 is 1.15 bits per heavy atom. The number of carbonyl (C=O) groups is 2. The summed E-state index contributed by atoms with van der Waals surface area (Å²) in [5.74, 6) is 0.321. The number of hydrogen-bond donors (Lipinski definition) is 0. The Kier molecular flexibility index (Phi) is 6.03. The minimum absolute atomic E-state index is 0.0252. The molecule has 0 aliphatic carbocycles. The highest BCUT2D eigenvalue weighted by Crippen LogP contribution is 2.27. The van der Waals surface area contributed by atoms with Crippen LogP contribution in [0.5, 0.6) is 5.75 Å². The van der Waals surface area contributed by atoms with Crippen LogP contribution in [0.4, 0.5) is 5.69 Å². The predicted molar refractivity (Wildman–Crippen MR) is 78.9 cm³/mol. The first-order valence-electron chi connectivity index (χ1n) is 6.74. The van der Waals surface area contributed by atoms with Crippen molar-refractivity contribution in [2.24, 2.45) is 0 Å². The van der Waals surface area contributed by atoms with E-state index in [1.165, 1.54) is 11.8 Å². The molecule has 1 aromatic carbocycles. The van der Waals surface area contributed by atoms with Gasteiger partial charge in [-0.05, 0) is 26.0 Å². The fourth-order valence-corrected chi connectivity index (χ4v) is 2.03. The van der Waals surface area contributed by atoms with Crippen molar-refractivity contribution in [3.63, 3.8) is 0 Å². The maximum absolute atomic E-state index is 12.2. The monoisotopic (exact) mass is 278 g/mol. The Hall–Kier alpha value is -2.04. The Balaban J connectivity index is 3.01. The molecule has 5 heteroatoms. The number of benzene rings is 1. The lowest BCUT2D eigenvalue weighted by Crippen LogP contribution is -2.42. The number of para-hydroxylation sites is 2. The second-order valence-electron chi connectivity index (χ2n) is 4.34. The van der Waals surface area contributed by atoms with E-state index in [9.17, 15) is 9.59 Å². The number of ether oxygens (including phenoxy) is 1. The van der Waals surface area contributed by atoms with Crippen LogP contribution in [-0.4, -0.2) is 43.5 Å². The van der Waals surface area contributed by atoms with Crippen molar-refractivity contribution in [2.75, 3.05) is 31.6 Å². The van der Waals surface area contributed by atoms with Crippen LogP contribution >= 0.6 is 0 Å².